The van der Waals surface area contributed by atoms with Crippen molar-refractivity contribution >= 4 is 28.6 Å². The van der Waals surface area contributed by atoms with Gasteiger partial charge in [0.25, 0.3) is 0 Å². The summed E-state index contributed by atoms with van der Waals surface area (Å²) in [4.78, 5) is 29.7. The first-order chi connectivity index (χ1) is 14.3. The predicted molar refractivity (Wildman–Crippen MR) is 110 cm³/mol. The lowest BCUT2D eigenvalue weighted by atomic mass is 10.0. The van der Waals surface area contributed by atoms with Crippen LogP contribution in [0.3, 0.4) is 0 Å². The van der Waals surface area contributed by atoms with E-state index in [2.05, 4.69) is 24.8 Å². The van der Waals surface area contributed by atoms with Gasteiger partial charge in [0.1, 0.15) is 0 Å². The molecule has 1 aromatic heterocycles. The van der Waals surface area contributed by atoms with Crippen LogP contribution in [0.4, 0.5) is 5.95 Å². The minimum Gasteiger partial charge on any atom is -0.402 e. The normalized spacial score (nSPS) is 18.3. The molecule has 3 heterocycles. The SMILES string of the molecule is O=C1OC(c2cccc3ccccc23)=NC1=CN1CCN(c2ncccn2)CC1. The summed E-state index contributed by atoms with van der Waals surface area (Å²) in [6.45, 7) is 3.08. The third-order valence-corrected chi connectivity index (χ3v) is 5.09. The molecule has 0 N–H and O–H groups in total. The third kappa shape index (κ3) is 3.42. The van der Waals surface area contributed by atoms with Gasteiger partial charge in [-0.1, -0.05) is 36.4 Å². The molecule has 29 heavy (non-hydrogen) atoms. The molecule has 0 aliphatic carbocycles. The van der Waals surface area contributed by atoms with Gasteiger partial charge in [-0.15, -0.1) is 0 Å². The summed E-state index contributed by atoms with van der Waals surface area (Å²) < 4.78 is 5.49. The van der Waals surface area contributed by atoms with Gasteiger partial charge in [0.05, 0.1) is 0 Å². The molecule has 0 saturated carbocycles. The maximum atomic E-state index is 12.4. The quantitative estimate of drug-likeness (QED) is 0.510. The number of esters is 1. The molecule has 7 nitrogen and oxygen atoms in total. The Balaban J connectivity index is 1.35. The van der Waals surface area contributed by atoms with E-state index in [9.17, 15) is 4.79 Å². The highest BCUT2D eigenvalue weighted by Crippen LogP contribution is 2.24. The number of aliphatic imine (C=N–C) groups is 1. The van der Waals surface area contributed by atoms with Crippen molar-refractivity contribution in [2.24, 2.45) is 4.99 Å². The minimum absolute atomic E-state index is 0.331. The van der Waals surface area contributed by atoms with Crippen LogP contribution in [0.1, 0.15) is 5.56 Å². The van der Waals surface area contributed by atoms with Crippen molar-refractivity contribution in [1.82, 2.24) is 14.9 Å². The second-order valence-electron chi connectivity index (χ2n) is 6.92. The van der Waals surface area contributed by atoms with Gasteiger partial charge in [0, 0.05) is 50.3 Å². The number of hydrogen-bond acceptors (Lipinski definition) is 7. The van der Waals surface area contributed by atoms with E-state index in [0.29, 0.717) is 11.6 Å². The van der Waals surface area contributed by atoms with E-state index in [1.54, 1.807) is 24.7 Å². The van der Waals surface area contributed by atoms with E-state index in [1.807, 2.05) is 42.5 Å². The van der Waals surface area contributed by atoms with Crippen molar-refractivity contribution in [2.45, 2.75) is 0 Å². The fourth-order valence-electron chi connectivity index (χ4n) is 3.61. The first kappa shape index (κ1) is 17.4. The highest BCUT2D eigenvalue weighted by Gasteiger charge is 2.27. The molecule has 2 aliphatic heterocycles. The average Bonchev–Trinajstić information content (AvgIpc) is 3.14. The summed E-state index contributed by atoms with van der Waals surface area (Å²) in [7, 11) is 0. The monoisotopic (exact) mass is 385 g/mol. The molecule has 2 aromatic carbocycles. The topological polar surface area (TPSA) is 70.9 Å². The largest absolute Gasteiger partial charge is 0.402 e. The minimum atomic E-state index is -0.415. The van der Waals surface area contributed by atoms with Crippen LogP contribution in [0.15, 0.2) is 77.8 Å². The molecule has 0 spiro atoms. The molecule has 7 heteroatoms. The molecule has 3 aromatic rings. The predicted octanol–water partition coefficient (Wildman–Crippen LogP) is 2.60. The number of ether oxygens (including phenoxy) is 1. The number of fused-ring (bicyclic) bond motifs is 1. The number of hydrogen-bond donors (Lipinski definition) is 0. The number of nitrogens with zero attached hydrogens (tertiary/aromatic N) is 5. The fraction of sp³-hybridized carbons (Fsp3) is 0.182. The molecule has 0 bridgehead atoms. The Morgan fingerprint density at radius 2 is 1.66 bits per heavy atom. The van der Waals surface area contributed by atoms with Crippen LogP contribution < -0.4 is 4.90 Å². The molecular formula is C22H19N5O2. The lowest BCUT2D eigenvalue weighted by Crippen LogP contribution is -2.45. The summed E-state index contributed by atoms with van der Waals surface area (Å²) in [5.74, 6) is 0.674. The summed E-state index contributed by atoms with van der Waals surface area (Å²) >= 11 is 0. The van der Waals surface area contributed by atoms with Crippen molar-refractivity contribution in [1.29, 1.82) is 0 Å². The molecular weight excluding hydrogens is 366 g/mol. The zero-order valence-corrected chi connectivity index (χ0v) is 15.7. The number of anilines is 1. The van der Waals surface area contributed by atoms with E-state index in [-0.39, 0.29) is 0 Å². The Kier molecular flexibility index (Phi) is 4.40. The maximum absolute atomic E-state index is 12.4. The Hall–Kier alpha value is -3.74. The number of aromatic nitrogens is 2. The molecule has 0 radical (unpaired) electrons. The number of carbonyl (C=O) groups excluding carboxylic acids is 1. The Labute approximate surface area is 168 Å². The van der Waals surface area contributed by atoms with Gasteiger partial charge in [-0.05, 0) is 22.9 Å². The Morgan fingerprint density at radius 1 is 0.897 bits per heavy atom. The zero-order valence-electron chi connectivity index (χ0n) is 15.7. The molecule has 0 atom stereocenters. The standard InChI is InChI=1S/C22H19N5O2/c28-21-19(15-26-11-13-27(14-12-26)22-23-9-4-10-24-22)25-20(29-21)18-8-3-6-16-5-1-2-7-17(16)18/h1-10,15H,11-14H2. The molecule has 0 unspecified atom stereocenters. The average molecular weight is 385 g/mol. The van der Waals surface area contributed by atoms with Gasteiger partial charge in [-0.3, -0.25) is 0 Å². The summed E-state index contributed by atoms with van der Waals surface area (Å²) in [6.07, 6.45) is 5.28. The molecule has 144 valence electrons. The second-order valence-corrected chi connectivity index (χ2v) is 6.92. The zero-order chi connectivity index (χ0) is 19.6. The lowest BCUT2D eigenvalue weighted by Gasteiger charge is -2.33. The van der Waals surface area contributed by atoms with Gasteiger partial charge < -0.3 is 14.5 Å². The Bertz CT molecular complexity index is 1110. The maximum Gasteiger partial charge on any atom is 0.365 e. The van der Waals surface area contributed by atoms with E-state index in [0.717, 1.165) is 48.5 Å². The van der Waals surface area contributed by atoms with Crippen molar-refractivity contribution in [3.63, 3.8) is 0 Å². The second kappa shape index (κ2) is 7.35. The smallest absolute Gasteiger partial charge is 0.365 e. The number of piperazine rings is 1. The lowest BCUT2D eigenvalue weighted by molar-refractivity contribution is -0.130. The summed E-state index contributed by atoms with van der Waals surface area (Å²) in [5.41, 5.74) is 1.16. The van der Waals surface area contributed by atoms with Crippen molar-refractivity contribution < 1.29 is 9.53 Å². The first-order valence-corrected chi connectivity index (χ1v) is 9.55. The number of carbonyl (C=O) groups is 1. The van der Waals surface area contributed by atoms with Gasteiger partial charge in [0.15, 0.2) is 5.70 Å². The number of rotatable bonds is 3. The molecule has 5 rings (SSSR count). The summed E-state index contributed by atoms with van der Waals surface area (Å²) in [6, 6.07) is 15.7. The van der Waals surface area contributed by atoms with Gasteiger partial charge >= 0.3 is 5.97 Å². The van der Waals surface area contributed by atoms with Crippen LogP contribution in [0.2, 0.25) is 0 Å². The van der Waals surface area contributed by atoms with Gasteiger partial charge in [-0.25, -0.2) is 19.8 Å². The van der Waals surface area contributed by atoms with Crippen LogP contribution in [0.5, 0.6) is 0 Å². The van der Waals surface area contributed by atoms with Crippen molar-refractivity contribution in [2.75, 3.05) is 31.1 Å². The highest BCUT2D eigenvalue weighted by atomic mass is 16.6. The van der Waals surface area contributed by atoms with Crippen molar-refractivity contribution in [3.05, 3.63) is 78.4 Å². The van der Waals surface area contributed by atoms with E-state index >= 15 is 0 Å². The van der Waals surface area contributed by atoms with Crippen LogP contribution in [-0.2, 0) is 9.53 Å². The first-order valence-electron chi connectivity index (χ1n) is 9.55. The molecule has 1 fully saturated rings. The Morgan fingerprint density at radius 3 is 2.48 bits per heavy atom. The van der Waals surface area contributed by atoms with Crippen LogP contribution in [0, 0.1) is 0 Å². The molecule has 2 aliphatic rings. The van der Waals surface area contributed by atoms with Crippen LogP contribution in [0.25, 0.3) is 10.8 Å². The van der Waals surface area contributed by atoms with E-state index in [4.69, 9.17) is 4.74 Å². The van der Waals surface area contributed by atoms with Crippen LogP contribution in [-0.4, -0.2) is 52.9 Å². The van der Waals surface area contributed by atoms with E-state index in [1.165, 1.54) is 0 Å². The van der Waals surface area contributed by atoms with E-state index < -0.39 is 5.97 Å². The fourth-order valence-corrected chi connectivity index (χ4v) is 3.61. The molecule has 0 amide bonds. The van der Waals surface area contributed by atoms with Gasteiger partial charge in [-0.2, -0.15) is 0 Å². The summed E-state index contributed by atoms with van der Waals surface area (Å²) in [5, 5.41) is 2.10. The third-order valence-electron chi connectivity index (χ3n) is 5.09. The number of benzene rings is 2. The van der Waals surface area contributed by atoms with Crippen molar-refractivity contribution in [3.8, 4) is 0 Å². The van der Waals surface area contributed by atoms with Gasteiger partial charge in [0.2, 0.25) is 11.8 Å². The number of cyclic esters (lactones) is 1. The van der Waals surface area contributed by atoms with Crippen LogP contribution >= 0.6 is 0 Å². The molecule has 1 saturated heterocycles. The highest BCUT2D eigenvalue weighted by molar-refractivity contribution is 6.16.